The summed E-state index contributed by atoms with van der Waals surface area (Å²) >= 11 is 0. The normalized spacial score (nSPS) is 19.8. The van der Waals surface area contributed by atoms with Gasteiger partial charge in [-0.1, -0.05) is 0 Å². The molecular formula is C11H19N5. The average molecular weight is 221 g/mol. The van der Waals surface area contributed by atoms with Crippen molar-refractivity contribution in [3.05, 3.63) is 12.4 Å². The SMILES string of the molecule is CCN(C)c1cc(NC2CCNC2)ncn1. The molecule has 0 bridgehead atoms. The molecule has 2 rings (SSSR count). The maximum absolute atomic E-state index is 4.24. The molecular weight excluding hydrogens is 202 g/mol. The van der Waals surface area contributed by atoms with Crippen molar-refractivity contribution in [3.63, 3.8) is 0 Å². The molecule has 0 amide bonds. The van der Waals surface area contributed by atoms with Crippen LogP contribution >= 0.6 is 0 Å². The van der Waals surface area contributed by atoms with Gasteiger partial charge in [-0.3, -0.25) is 0 Å². The largest absolute Gasteiger partial charge is 0.366 e. The van der Waals surface area contributed by atoms with Crippen molar-refractivity contribution in [3.8, 4) is 0 Å². The molecule has 88 valence electrons. The van der Waals surface area contributed by atoms with E-state index in [2.05, 4.69) is 32.4 Å². The van der Waals surface area contributed by atoms with E-state index in [1.165, 1.54) is 0 Å². The average Bonchev–Trinajstić information content (AvgIpc) is 2.81. The Morgan fingerprint density at radius 3 is 3.12 bits per heavy atom. The van der Waals surface area contributed by atoms with E-state index in [1.54, 1.807) is 6.33 Å². The van der Waals surface area contributed by atoms with Crippen molar-refractivity contribution in [2.45, 2.75) is 19.4 Å². The van der Waals surface area contributed by atoms with Crippen LogP contribution in [-0.4, -0.2) is 42.7 Å². The Kier molecular flexibility index (Phi) is 3.56. The Hall–Kier alpha value is -1.36. The van der Waals surface area contributed by atoms with E-state index in [-0.39, 0.29) is 0 Å². The van der Waals surface area contributed by atoms with Gasteiger partial charge < -0.3 is 15.5 Å². The molecule has 0 radical (unpaired) electrons. The highest BCUT2D eigenvalue weighted by atomic mass is 15.2. The van der Waals surface area contributed by atoms with Crippen LogP contribution < -0.4 is 15.5 Å². The highest BCUT2D eigenvalue weighted by molar-refractivity contribution is 5.48. The molecule has 0 spiro atoms. The second kappa shape index (κ2) is 5.12. The molecule has 1 aliphatic rings. The van der Waals surface area contributed by atoms with Crippen molar-refractivity contribution in [2.24, 2.45) is 0 Å². The molecule has 0 saturated carbocycles. The van der Waals surface area contributed by atoms with E-state index < -0.39 is 0 Å². The minimum Gasteiger partial charge on any atom is -0.366 e. The van der Waals surface area contributed by atoms with Crippen molar-refractivity contribution in [1.82, 2.24) is 15.3 Å². The lowest BCUT2D eigenvalue weighted by Gasteiger charge is -2.17. The van der Waals surface area contributed by atoms with Gasteiger partial charge in [0.2, 0.25) is 0 Å². The zero-order valence-corrected chi connectivity index (χ0v) is 9.90. The van der Waals surface area contributed by atoms with E-state index in [9.17, 15) is 0 Å². The van der Waals surface area contributed by atoms with E-state index in [0.717, 1.165) is 37.7 Å². The smallest absolute Gasteiger partial charge is 0.133 e. The number of aromatic nitrogens is 2. The molecule has 1 aromatic rings. The molecule has 2 heterocycles. The number of hydrogen-bond donors (Lipinski definition) is 2. The lowest BCUT2D eigenvalue weighted by Crippen LogP contribution is -2.23. The fraction of sp³-hybridized carbons (Fsp3) is 0.636. The second-order valence-corrected chi connectivity index (χ2v) is 4.11. The van der Waals surface area contributed by atoms with E-state index in [4.69, 9.17) is 0 Å². The Balaban J connectivity index is 2.03. The van der Waals surface area contributed by atoms with Gasteiger partial charge in [-0.05, 0) is 19.9 Å². The minimum atomic E-state index is 0.495. The number of nitrogens with zero attached hydrogens (tertiary/aromatic N) is 3. The lowest BCUT2D eigenvalue weighted by molar-refractivity contribution is 0.786. The summed E-state index contributed by atoms with van der Waals surface area (Å²) in [6, 6.07) is 2.50. The van der Waals surface area contributed by atoms with Crippen LogP contribution in [0, 0.1) is 0 Å². The number of anilines is 2. The Labute approximate surface area is 96.3 Å². The molecule has 5 nitrogen and oxygen atoms in total. The fourth-order valence-corrected chi connectivity index (χ4v) is 1.78. The third kappa shape index (κ3) is 2.61. The van der Waals surface area contributed by atoms with E-state index >= 15 is 0 Å². The van der Waals surface area contributed by atoms with Gasteiger partial charge in [0.05, 0.1) is 0 Å². The first-order valence-corrected chi connectivity index (χ1v) is 5.80. The van der Waals surface area contributed by atoms with Crippen LogP contribution in [0.2, 0.25) is 0 Å². The van der Waals surface area contributed by atoms with Gasteiger partial charge in [0.25, 0.3) is 0 Å². The van der Waals surface area contributed by atoms with Gasteiger partial charge in [-0.25, -0.2) is 9.97 Å². The maximum atomic E-state index is 4.24. The van der Waals surface area contributed by atoms with E-state index in [1.807, 2.05) is 13.1 Å². The summed E-state index contributed by atoms with van der Waals surface area (Å²) in [5.41, 5.74) is 0. The lowest BCUT2D eigenvalue weighted by atomic mass is 10.2. The standard InChI is InChI=1S/C11H19N5/c1-3-16(2)11-6-10(13-8-14-11)15-9-4-5-12-7-9/h6,8-9,12H,3-5,7H2,1-2H3,(H,13,14,15). The van der Waals surface area contributed by atoms with Crippen LogP contribution in [0.4, 0.5) is 11.6 Å². The van der Waals surface area contributed by atoms with Gasteiger partial charge in [0.1, 0.15) is 18.0 Å². The Bertz CT molecular complexity index is 335. The highest BCUT2D eigenvalue weighted by Crippen LogP contribution is 2.14. The molecule has 0 aromatic carbocycles. The van der Waals surface area contributed by atoms with Gasteiger partial charge >= 0.3 is 0 Å². The minimum absolute atomic E-state index is 0.495. The molecule has 1 aromatic heterocycles. The summed E-state index contributed by atoms with van der Waals surface area (Å²) in [6.07, 6.45) is 2.77. The fourth-order valence-electron chi connectivity index (χ4n) is 1.78. The molecule has 16 heavy (non-hydrogen) atoms. The predicted octanol–water partition coefficient (Wildman–Crippen LogP) is 0.706. The summed E-state index contributed by atoms with van der Waals surface area (Å²) in [7, 11) is 2.03. The zero-order valence-electron chi connectivity index (χ0n) is 9.90. The zero-order chi connectivity index (χ0) is 11.4. The maximum Gasteiger partial charge on any atom is 0.133 e. The molecule has 5 heteroatoms. The summed E-state index contributed by atoms with van der Waals surface area (Å²) in [6.45, 7) is 5.16. The quantitative estimate of drug-likeness (QED) is 0.784. The molecule has 1 aliphatic heterocycles. The van der Waals surface area contributed by atoms with Gasteiger partial charge in [0, 0.05) is 32.2 Å². The predicted molar refractivity (Wildman–Crippen MR) is 65.9 cm³/mol. The number of nitrogens with one attached hydrogen (secondary N) is 2. The Morgan fingerprint density at radius 2 is 2.44 bits per heavy atom. The van der Waals surface area contributed by atoms with Crippen LogP contribution in [0.25, 0.3) is 0 Å². The van der Waals surface area contributed by atoms with Crippen LogP contribution in [0.3, 0.4) is 0 Å². The Morgan fingerprint density at radius 1 is 1.56 bits per heavy atom. The van der Waals surface area contributed by atoms with E-state index in [0.29, 0.717) is 6.04 Å². The summed E-state index contributed by atoms with van der Waals surface area (Å²) in [4.78, 5) is 10.6. The third-order valence-corrected chi connectivity index (χ3v) is 2.93. The van der Waals surface area contributed by atoms with Crippen LogP contribution in [-0.2, 0) is 0 Å². The molecule has 1 unspecified atom stereocenters. The van der Waals surface area contributed by atoms with Crippen molar-refractivity contribution < 1.29 is 0 Å². The van der Waals surface area contributed by atoms with Crippen LogP contribution in [0.5, 0.6) is 0 Å². The molecule has 0 aliphatic carbocycles. The van der Waals surface area contributed by atoms with Crippen molar-refractivity contribution >= 4 is 11.6 Å². The monoisotopic (exact) mass is 221 g/mol. The first kappa shape index (κ1) is 11.1. The first-order valence-electron chi connectivity index (χ1n) is 5.80. The third-order valence-electron chi connectivity index (χ3n) is 2.93. The van der Waals surface area contributed by atoms with Crippen molar-refractivity contribution in [1.29, 1.82) is 0 Å². The second-order valence-electron chi connectivity index (χ2n) is 4.11. The number of rotatable bonds is 4. The number of hydrogen-bond acceptors (Lipinski definition) is 5. The summed E-state index contributed by atoms with van der Waals surface area (Å²) in [5.74, 6) is 1.88. The molecule has 1 atom stereocenters. The molecule has 1 fully saturated rings. The molecule has 2 N–H and O–H groups in total. The first-order chi connectivity index (χ1) is 7.79. The van der Waals surface area contributed by atoms with Gasteiger partial charge in [0.15, 0.2) is 0 Å². The van der Waals surface area contributed by atoms with Crippen LogP contribution in [0.15, 0.2) is 12.4 Å². The van der Waals surface area contributed by atoms with Crippen LogP contribution in [0.1, 0.15) is 13.3 Å². The highest BCUT2D eigenvalue weighted by Gasteiger charge is 2.14. The topological polar surface area (TPSA) is 53.1 Å². The van der Waals surface area contributed by atoms with Gasteiger partial charge in [-0.2, -0.15) is 0 Å². The molecule has 1 saturated heterocycles. The summed E-state index contributed by atoms with van der Waals surface area (Å²) in [5, 5.41) is 6.74. The van der Waals surface area contributed by atoms with Crippen molar-refractivity contribution in [2.75, 3.05) is 36.9 Å². The van der Waals surface area contributed by atoms with Gasteiger partial charge in [-0.15, -0.1) is 0 Å². The summed E-state index contributed by atoms with van der Waals surface area (Å²) < 4.78 is 0.